The highest BCUT2D eigenvalue weighted by Crippen LogP contribution is 2.44. The van der Waals surface area contributed by atoms with Gasteiger partial charge in [-0.3, -0.25) is 0 Å². The normalized spacial score (nSPS) is 16.3. The van der Waals surface area contributed by atoms with Crippen LogP contribution < -0.4 is 9.47 Å². The van der Waals surface area contributed by atoms with E-state index in [4.69, 9.17) is 19.5 Å². The summed E-state index contributed by atoms with van der Waals surface area (Å²) in [6.45, 7) is 3.28. The molecule has 0 unspecified atom stereocenters. The van der Waals surface area contributed by atoms with Crippen molar-refractivity contribution in [2.24, 2.45) is 0 Å². The Kier molecular flexibility index (Phi) is 3.96. The fourth-order valence-corrected chi connectivity index (χ4v) is 2.65. The number of nitriles is 1. The zero-order chi connectivity index (χ0) is 13.9. The Hall–Kier alpha value is -1.73. The van der Waals surface area contributed by atoms with Crippen molar-refractivity contribution in [3.63, 3.8) is 0 Å². The molecule has 4 nitrogen and oxygen atoms in total. The van der Waals surface area contributed by atoms with Crippen molar-refractivity contribution in [2.75, 3.05) is 27.4 Å². The molecule has 0 spiro atoms. The first kappa shape index (κ1) is 13.7. The topological polar surface area (TPSA) is 51.5 Å². The van der Waals surface area contributed by atoms with Crippen LogP contribution in [0.15, 0.2) is 12.1 Å². The first-order valence-electron chi connectivity index (χ1n) is 6.35. The molecule has 1 aliphatic heterocycles. The van der Waals surface area contributed by atoms with Crippen LogP contribution in [-0.4, -0.2) is 27.4 Å². The molecule has 0 saturated carbocycles. The zero-order valence-corrected chi connectivity index (χ0v) is 11.7. The molecule has 0 bridgehead atoms. The number of hydrogen-bond donors (Lipinski definition) is 0. The molecule has 4 heteroatoms. The van der Waals surface area contributed by atoms with Gasteiger partial charge in [-0.05, 0) is 19.4 Å². The number of benzene rings is 1. The molecular formula is C15H19NO3. The summed E-state index contributed by atoms with van der Waals surface area (Å²) >= 11 is 0. The molecule has 0 atom stereocenters. The minimum absolute atomic E-state index is 0.0852. The summed E-state index contributed by atoms with van der Waals surface area (Å²) in [5, 5.41) is 8.82. The second-order valence-corrected chi connectivity index (χ2v) is 4.90. The van der Waals surface area contributed by atoms with Crippen LogP contribution in [0.5, 0.6) is 11.5 Å². The summed E-state index contributed by atoms with van der Waals surface area (Å²) in [7, 11) is 3.32. The highest BCUT2D eigenvalue weighted by Gasteiger charge is 2.42. The van der Waals surface area contributed by atoms with Gasteiger partial charge >= 0.3 is 0 Å². The Morgan fingerprint density at radius 2 is 2.05 bits per heavy atom. The maximum atomic E-state index is 8.82. The van der Waals surface area contributed by atoms with Crippen molar-refractivity contribution in [2.45, 2.75) is 25.2 Å². The Bertz CT molecular complexity index is 501. The standard InChI is InChI=1S/C15H19NO3/c1-11-13(17-2)6-5-12(14(11)18-3)15(7-4-8-16)9-19-10-15/h5-6H,4,7,9-10H2,1-3H3. The minimum Gasteiger partial charge on any atom is -0.496 e. The minimum atomic E-state index is -0.0852. The van der Waals surface area contributed by atoms with Gasteiger partial charge < -0.3 is 14.2 Å². The molecule has 1 aliphatic rings. The largest absolute Gasteiger partial charge is 0.496 e. The van der Waals surface area contributed by atoms with E-state index in [0.717, 1.165) is 29.0 Å². The van der Waals surface area contributed by atoms with Crippen molar-refractivity contribution in [1.29, 1.82) is 5.26 Å². The summed E-state index contributed by atoms with van der Waals surface area (Å²) in [6, 6.07) is 6.21. The third-order valence-corrected chi connectivity index (χ3v) is 3.82. The Morgan fingerprint density at radius 1 is 1.32 bits per heavy atom. The molecule has 0 aliphatic carbocycles. The van der Waals surface area contributed by atoms with Crippen molar-refractivity contribution in [3.05, 3.63) is 23.3 Å². The summed E-state index contributed by atoms with van der Waals surface area (Å²) in [6.07, 6.45) is 1.32. The number of nitrogens with zero attached hydrogens (tertiary/aromatic N) is 1. The van der Waals surface area contributed by atoms with Crippen molar-refractivity contribution in [1.82, 2.24) is 0 Å². The average molecular weight is 261 g/mol. The lowest BCUT2D eigenvalue weighted by molar-refractivity contribution is -0.0646. The molecule has 1 aromatic carbocycles. The number of rotatable bonds is 5. The van der Waals surface area contributed by atoms with E-state index in [1.54, 1.807) is 14.2 Å². The van der Waals surface area contributed by atoms with Gasteiger partial charge in [-0.25, -0.2) is 0 Å². The second kappa shape index (κ2) is 5.50. The lowest BCUT2D eigenvalue weighted by atomic mass is 9.74. The van der Waals surface area contributed by atoms with E-state index in [1.807, 2.05) is 19.1 Å². The quantitative estimate of drug-likeness (QED) is 0.817. The fourth-order valence-electron chi connectivity index (χ4n) is 2.65. The summed E-state index contributed by atoms with van der Waals surface area (Å²) in [5.41, 5.74) is 2.03. The van der Waals surface area contributed by atoms with E-state index in [-0.39, 0.29) is 5.41 Å². The van der Waals surface area contributed by atoms with Crippen molar-refractivity contribution >= 4 is 0 Å². The lowest BCUT2D eigenvalue weighted by Gasteiger charge is -2.42. The first-order chi connectivity index (χ1) is 9.18. The first-order valence-corrected chi connectivity index (χ1v) is 6.35. The monoisotopic (exact) mass is 261 g/mol. The van der Waals surface area contributed by atoms with Crippen LogP contribution in [0, 0.1) is 18.3 Å². The van der Waals surface area contributed by atoms with Crippen LogP contribution in [0.25, 0.3) is 0 Å². The molecule has 1 fully saturated rings. The molecular weight excluding hydrogens is 242 g/mol. The van der Waals surface area contributed by atoms with Crippen LogP contribution >= 0.6 is 0 Å². The number of methoxy groups -OCH3 is 2. The molecule has 1 saturated heterocycles. The van der Waals surface area contributed by atoms with E-state index in [9.17, 15) is 0 Å². The van der Waals surface area contributed by atoms with E-state index in [1.165, 1.54) is 0 Å². The third-order valence-electron chi connectivity index (χ3n) is 3.82. The second-order valence-electron chi connectivity index (χ2n) is 4.90. The van der Waals surface area contributed by atoms with Crippen LogP contribution in [0.1, 0.15) is 24.0 Å². The van der Waals surface area contributed by atoms with Gasteiger partial charge in [0.05, 0.1) is 33.5 Å². The summed E-state index contributed by atoms with van der Waals surface area (Å²) < 4.78 is 16.3. The number of hydrogen-bond acceptors (Lipinski definition) is 4. The van der Waals surface area contributed by atoms with E-state index in [2.05, 4.69) is 6.07 Å². The average Bonchev–Trinajstić information content (AvgIpc) is 2.38. The summed E-state index contributed by atoms with van der Waals surface area (Å²) in [4.78, 5) is 0. The Balaban J connectivity index is 2.43. The molecule has 19 heavy (non-hydrogen) atoms. The van der Waals surface area contributed by atoms with Crippen molar-refractivity contribution < 1.29 is 14.2 Å². The maximum Gasteiger partial charge on any atom is 0.129 e. The molecule has 1 heterocycles. The van der Waals surface area contributed by atoms with Gasteiger partial charge in [-0.1, -0.05) is 6.07 Å². The molecule has 0 radical (unpaired) electrons. The predicted octanol–water partition coefficient (Wildman–Crippen LogP) is 2.58. The summed E-state index contributed by atoms with van der Waals surface area (Å²) in [5.74, 6) is 1.66. The van der Waals surface area contributed by atoms with Crippen LogP contribution in [0.2, 0.25) is 0 Å². The van der Waals surface area contributed by atoms with Gasteiger partial charge in [-0.15, -0.1) is 0 Å². The Labute approximate surface area is 113 Å². The molecule has 0 amide bonds. The third kappa shape index (κ3) is 2.26. The lowest BCUT2D eigenvalue weighted by Crippen LogP contribution is -2.47. The fraction of sp³-hybridized carbons (Fsp3) is 0.533. The van der Waals surface area contributed by atoms with Crippen LogP contribution in [-0.2, 0) is 10.2 Å². The highest BCUT2D eigenvalue weighted by atomic mass is 16.5. The van der Waals surface area contributed by atoms with E-state index in [0.29, 0.717) is 19.6 Å². The van der Waals surface area contributed by atoms with Crippen LogP contribution in [0.3, 0.4) is 0 Å². The van der Waals surface area contributed by atoms with E-state index < -0.39 is 0 Å². The maximum absolute atomic E-state index is 8.82. The van der Waals surface area contributed by atoms with Gasteiger partial charge in [0.15, 0.2) is 0 Å². The highest BCUT2D eigenvalue weighted by molar-refractivity contribution is 5.53. The van der Waals surface area contributed by atoms with Gasteiger partial charge in [0.1, 0.15) is 11.5 Å². The molecule has 2 rings (SSSR count). The molecule has 102 valence electrons. The van der Waals surface area contributed by atoms with Gasteiger partial charge in [0.25, 0.3) is 0 Å². The molecule has 1 aromatic rings. The molecule has 0 N–H and O–H groups in total. The SMILES string of the molecule is COc1ccc(C2(CCC#N)COC2)c(OC)c1C. The molecule has 0 aromatic heterocycles. The number of ether oxygens (including phenoxy) is 3. The van der Waals surface area contributed by atoms with Gasteiger partial charge in [-0.2, -0.15) is 5.26 Å². The van der Waals surface area contributed by atoms with Crippen molar-refractivity contribution in [3.8, 4) is 17.6 Å². The Morgan fingerprint density at radius 3 is 2.53 bits per heavy atom. The van der Waals surface area contributed by atoms with Crippen LogP contribution in [0.4, 0.5) is 0 Å². The smallest absolute Gasteiger partial charge is 0.129 e. The van der Waals surface area contributed by atoms with E-state index >= 15 is 0 Å². The van der Waals surface area contributed by atoms with Gasteiger partial charge in [0, 0.05) is 23.0 Å². The van der Waals surface area contributed by atoms with Gasteiger partial charge in [0.2, 0.25) is 0 Å². The predicted molar refractivity (Wildman–Crippen MR) is 71.6 cm³/mol. The zero-order valence-electron chi connectivity index (χ0n) is 11.7.